The topological polar surface area (TPSA) is 88.3 Å². The molecule has 7 heteroatoms. The van der Waals surface area contributed by atoms with Crippen molar-refractivity contribution in [3.63, 3.8) is 0 Å². The van der Waals surface area contributed by atoms with Crippen LogP contribution < -0.4 is 5.32 Å². The Morgan fingerprint density at radius 2 is 2.12 bits per heavy atom. The van der Waals surface area contributed by atoms with Gasteiger partial charge in [-0.05, 0) is 23.6 Å². The van der Waals surface area contributed by atoms with Crippen LogP contribution in [0.5, 0.6) is 0 Å². The largest absolute Gasteiger partial charge is 0.633 e. The molecular formula is C19H22N4O3. The molecule has 2 saturated heterocycles. The quantitative estimate of drug-likeness (QED) is 0.485. The Balaban J connectivity index is 1.50. The van der Waals surface area contributed by atoms with Crippen molar-refractivity contribution >= 4 is 22.8 Å². The number of hydroxylamine groups is 3. The number of carbonyl (C=O) groups is 2. The minimum Gasteiger partial charge on any atom is -0.633 e. The van der Waals surface area contributed by atoms with E-state index in [1.165, 1.54) is 16.5 Å². The highest BCUT2D eigenvalue weighted by molar-refractivity contribution is 6.01. The van der Waals surface area contributed by atoms with E-state index in [9.17, 15) is 14.8 Å². The lowest BCUT2D eigenvalue weighted by Gasteiger charge is -2.41. The molecule has 2 fully saturated rings. The number of carbonyl (C=O) groups excluding carboxylic acids is 2. The van der Waals surface area contributed by atoms with E-state index in [4.69, 9.17) is 0 Å². The molecule has 1 aliphatic carbocycles. The molecule has 0 saturated carbocycles. The maximum Gasteiger partial charge on any atom is 0.324 e. The van der Waals surface area contributed by atoms with Crippen LogP contribution in [0, 0.1) is 17.0 Å². The third-order valence-electron chi connectivity index (χ3n) is 6.48. The maximum atomic E-state index is 13.3. The number of nitrogens with one attached hydrogen (secondary N) is 2. The van der Waals surface area contributed by atoms with Gasteiger partial charge in [-0.2, -0.15) is 0 Å². The fourth-order valence-corrected chi connectivity index (χ4v) is 5.36. The van der Waals surface area contributed by atoms with Gasteiger partial charge in [0.05, 0.1) is 19.6 Å². The predicted octanol–water partition coefficient (Wildman–Crippen LogP) is 1.38. The van der Waals surface area contributed by atoms with Crippen molar-refractivity contribution in [2.45, 2.75) is 18.9 Å². The molecule has 1 unspecified atom stereocenters. The molecule has 3 amide bonds. The summed E-state index contributed by atoms with van der Waals surface area (Å²) in [4.78, 5) is 28.3. The van der Waals surface area contributed by atoms with Crippen molar-refractivity contribution in [3.05, 3.63) is 40.7 Å². The van der Waals surface area contributed by atoms with E-state index >= 15 is 0 Å². The number of quaternary nitrogens is 1. The number of hydrogen-bond donors (Lipinski definition) is 2. The zero-order chi connectivity index (χ0) is 18.1. The van der Waals surface area contributed by atoms with E-state index in [2.05, 4.69) is 28.5 Å². The second-order valence-corrected chi connectivity index (χ2v) is 8.14. The monoisotopic (exact) mass is 354 g/mol. The third kappa shape index (κ3) is 2.27. The predicted molar refractivity (Wildman–Crippen MR) is 96.0 cm³/mol. The summed E-state index contributed by atoms with van der Waals surface area (Å²) in [5, 5.41) is 16.9. The molecule has 1 aromatic carbocycles. The Bertz CT molecular complexity index is 919. The van der Waals surface area contributed by atoms with E-state index in [-0.39, 0.29) is 41.0 Å². The third-order valence-corrected chi connectivity index (χ3v) is 6.48. The summed E-state index contributed by atoms with van der Waals surface area (Å²) in [7, 11) is 1.76. The number of H-pyrrole nitrogens is 1. The number of amides is 3. The van der Waals surface area contributed by atoms with Gasteiger partial charge in [0.1, 0.15) is 6.54 Å². The lowest BCUT2D eigenvalue weighted by Crippen LogP contribution is -2.45. The van der Waals surface area contributed by atoms with Crippen LogP contribution in [-0.4, -0.2) is 59.2 Å². The fraction of sp³-hybridized carbons (Fsp3) is 0.474. The van der Waals surface area contributed by atoms with Gasteiger partial charge in [0.25, 0.3) is 0 Å². The molecule has 1 aromatic heterocycles. The Morgan fingerprint density at radius 3 is 2.88 bits per heavy atom. The zero-order valence-electron chi connectivity index (χ0n) is 14.7. The van der Waals surface area contributed by atoms with Gasteiger partial charge in [-0.25, -0.2) is 4.79 Å². The first-order valence-electron chi connectivity index (χ1n) is 9.15. The molecule has 3 heterocycles. The van der Waals surface area contributed by atoms with Crippen LogP contribution in [-0.2, 0) is 17.6 Å². The van der Waals surface area contributed by atoms with E-state index in [1.807, 2.05) is 6.20 Å². The van der Waals surface area contributed by atoms with E-state index in [1.54, 1.807) is 11.9 Å². The highest BCUT2D eigenvalue weighted by Crippen LogP contribution is 2.43. The molecule has 0 radical (unpaired) electrons. The first-order valence-corrected chi connectivity index (χ1v) is 9.15. The van der Waals surface area contributed by atoms with Gasteiger partial charge in [0.15, 0.2) is 0 Å². The SMILES string of the molecule is C[N+]1([O-])C[C@@H](CN2CC(=O)NC2=O)[C@@H]2Cc3cccc4[nH]cc(c34)C[C@H]21. The molecule has 3 aliphatic rings. The van der Waals surface area contributed by atoms with Crippen molar-refractivity contribution in [1.82, 2.24) is 15.2 Å². The maximum absolute atomic E-state index is 13.3. The summed E-state index contributed by atoms with van der Waals surface area (Å²) in [6.45, 7) is 1.06. The molecule has 136 valence electrons. The van der Waals surface area contributed by atoms with Gasteiger partial charge >= 0.3 is 6.03 Å². The standard InChI is InChI=1S/C19H22N4O3/c1-23(26)10-13(8-22-9-17(24)21-19(22)25)14-5-11-3-2-4-15-18(11)12(7-20-15)6-16(14)23/h2-4,7,13-14,16,20H,5-6,8-10H2,1H3,(H,21,24,25)/t13-,14+,16-,23?/m1/s1. The first kappa shape index (κ1) is 15.8. The Labute approximate surface area is 151 Å². The number of urea groups is 1. The minimum absolute atomic E-state index is 0.0206. The number of rotatable bonds is 2. The van der Waals surface area contributed by atoms with Crippen LogP contribution in [0.15, 0.2) is 24.4 Å². The van der Waals surface area contributed by atoms with Gasteiger partial charge in [-0.15, -0.1) is 0 Å². The van der Waals surface area contributed by atoms with Gasteiger partial charge in [-0.3, -0.25) is 10.1 Å². The van der Waals surface area contributed by atoms with E-state index in [0.29, 0.717) is 13.1 Å². The van der Waals surface area contributed by atoms with Gasteiger partial charge < -0.3 is 19.7 Å². The van der Waals surface area contributed by atoms with E-state index in [0.717, 1.165) is 18.4 Å². The molecule has 26 heavy (non-hydrogen) atoms. The molecule has 2 aliphatic heterocycles. The first-order chi connectivity index (χ1) is 12.4. The number of likely N-dealkylation sites (N-methyl/N-ethyl adjacent to an activating group) is 1. The number of likely N-dealkylation sites (tertiary alicyclic amines) is 1. The molecular weight excluding hydrogens is 332 g/mol. The number of imide groups is 1. The number of benzene rings is 1. The van der Waals surface area contributed by atoms with Crippen molar-refractivity contribution in [2.24, 2.45) is 11.8 Å². The number of nitrogens with zero attached hydrogens (tertiary/aromatic N) is 2. The number of fused-ring (bicyclic) bond motifs is 1. The summed E-state index contributed by atoms with van der Waals surface area (Å²) in [6.07, 6.45) is 3.64. The number of aromatic nitrogens is 1. The highest BCUT2D eigenvalue weighted by Gasteiger charge is 2.49. The van der Waals surface area contributed by atoms with Crippen LogP contribution >= 0.6 is 0 Å². The summed E-state index contributed by atoms with van der Waals surface area (Å²) in [5.74, 6) is 0.0480. The van der Waals surface area contributed by atoms with Gasteiger partial charge in [0, 0.05) is 41.9 Å². The summed E-state index contributed by atoms with van der Waals surface area (Å²) in [6, 6.07) is 5.93. The van der Waals surface area contributed by atoms with Crippen molar-refractivity contribution in [2.75, 3.05) is 26.7 Å². The minimum atomic E-state index is -0.333. The lowest BCUT2D eigenvalue weighted by molar-refractivity contribution is -0.875. The summed E-state index contributed by atoms with van der Waals surface area (Å²) >= 11 is 0. The fourth-order valence-electron chi connectivity index (χ4n) is 5.36. The molecule has 2 aromatic rings. The van der Waals surface area contributed by atoms with Crippen LogP contribution in [0.1, 0.15) is 11.1 Å². The molecule has 5 rings (SSSR count). The Hall–Kier alpha value is -2.38. The van der Waals surface area contributed by atoms with Crippen molar-refractivity contribution < 1.29 is 14.2 Å². The summed E-state index contributed by atoms with van der Waals surface area (Å²) < 4.78 is -0.278. The highest BCUT2D eigenvalue weighted by atomic mass is 16.5. The van der Waals surface area contributed by atoms with Crippen LogP contribution in [0.2, 0.25) is 0 Å². The van der Waals surface area contributed by atoms with Gasteiger partial charge in [0.2, 0.25) is 5.91 Å². The molecule has 4 atom stereocenters. The average molecular weight is 354 g/mol. The van der Waals surface area contributed by atoms with Crippen LogP contribution in [0.25, 0.3) is 10.9 Å². The molecule has 0 spiro atoms. The molecule has 2 N–H and O–H groups in total. The van der Waals surface area contributed by atoms with Crippen LogP contribution in [0.4, 0.5) is 4.79 Å². The van der Waals surface area contributed by atoms with Crippen molar-refractivity contribution in [3.8, 4) is 0 Å². The molecule has 0 bridgehead atoms. The number of aromatic amines is 1. The zero-order valence-corrected chi connectivity index (χ0v) is 14.7. The molecule has 7 nitrogen and oxygen atoms in total. The second-order valence-electron chi connectivity index (χ2n) is 8.14. The van der Waals surface area contributed by atoms with E-state index < -0.39 is 0 Å². The average Bonchev–Trinajstić information content (AvgIpc) is 3.14. The normalized spacial score (nSPS) is 33.5. The summed E-state index contributed by atoms with van der Waals surface area (Å²) in [5.41, 5.74) is 3.62. The van der Waals surface area contributed by atoms with Crippen LogP contribution in [0.3, 0.4) is 0 Å². The van der Waals surface area contributed by atoms with Gasteiger partial charge in [-0.1, -0.05) is 12.1 Å². The lowest BCUT2D eigenvalue weighted by atomic mass is 9.84. The number of hydrogen-bond acceptors (Lipinski definition) is 3. The second kappa shape index (κ2) is 5.31. The Kier molecular flexibility index (Phi) is 3.24. The Morgan fingerprint density at radius 1 is 1.27 bits per heavy atom. The van der Waals surface area contributed by atoms with Crippen molar-refractivity contribution in [1.29, 1.82) is 0 Å². The smallest absolute Gasteiger partial charge is 0.324 e.